The molecule has 3 heteroatoms. The minimum absolute atomic E-state index is 0. The van der Waals surface area contributed by atoms with Gasteiger partial charge in [0.05, 0.1) is 0 Å². The summed E-state index contributed by atoms with van der Waals surface area (Å²) in [6.07, 6.45) is 0. The Kier molecular flexibility index (Phi) is 9.32. The molecule has 0 unspecified atom stereocenters. The topological polar surface area (TPSA) is 0 Å². The summed E-state index contributed by atoms with van der Waals surface area (Å²) in [5.74, 6) is 0. The average Bonchev–Trinajstić information content (AvgIpc) is 1.69. The first-order valence-corrected chi connectivity index (χ1v) is 5.26. The van der Waals surface area contributed by atoms with E-state index in [1.807, 2.05) is 0 Å². The molecule has 0 aliphatic heterocycles. The molecule has 0 aromatic heterocycles. The van der Waals surface area contributed by atoms with Gasteiger partial charge in [-0.25, -0.2) is 0 Å². The molecule has 0 amide bonds. The quantitative estimate of drug-likeness (QED) is 0.651. The molecular weight excluding hydrogens is 258 g/mol. The summed E-state index contributed by atoms with van der Waals surface area (Å²) >= 11 is 0.708. The van der Waals surface area contributed by atoms with Crippen molar-refractivity contribution in [3.63, 3.8) is 0 Å². The van der Waals surface area contributed by atoms with E-state index in [0.29, 0.717) is 24.4 Å². The third-order valence-corrected chi connectivity index (χ3v) is 2.84. The van der Waals surface area contributed by atoms with Crippen molar-refractivity contribution in [2.75, 3.05) is 0 Å². The van der Waals surface area contributed by atoms with Crippen molar-refractivity contribution in [3.8, 4) is 0 Å². The van der Waals surface area contributed by atoms with Gasteiger partial charge in [0.25, 0.3) is 0 Å². The fraction of sp³-hybridized carbons (Fsp3) is 0. The second kappa shape index (κ2) is 6.79. The molecule has 0 aliphatic carbocycles. The molecule has 0 N–H and O–H groups in total. The van der Waals surface area contributed by atoms with E-state index in [9.17, 15) is 0 Å². The van der Waals surface area contributed by atoms with Crippen LogP contribution in [0.25, 0.3) is 0 Å². The van der Waals surface area contributed by atoms with Gasteiger partial charge in [-0.1, -0.05) is 0 Å². The summed E-state index contributed by atoms with van der Waals surface area (Å²) in [4.78, 5) is 0. The van der Waals surface area contributed by atoms with Gasteiger partial charge in [-0.2, -0.15) is 0 Å². The summed E-state index contributed by atoms with van der Waals surface area (Å²) in [5.41, 5.74) is 0. The Hall–Kier alpha value is 0.670. The number of hydrogen-bond acceptors (Lipinski definition) is 0. The van der Waals surface area contributed by atoms with Crippen molar-refractivity contribution < 1.29 is 0 Å². The zero-order valence-corrected chi connectivity index (χ0v) is 12.5. The van der Waals surface area contributed by atoms with Crippen LogP contribution in [-0.2, 0) is 0 Å². The van der Waals surface area contributed by atoms with Gasteiger partial charge in [0.2, 0.25) is 0 Å². The van der Waals surface area contributed by atoms with Crippen molar-refractivity contribution in [3.05, 3.63) is 30.3 Å². The van der Waals surface area contributed by atoms with Crippen molar-refractivity contribution in [1.29, 1.82) is 0 Å². The molecule has 1 aromatic rings. The van der Waals surface area contributed by atoms with Crippen LogP contribution >= 0.6 is 24.8 Å². The van der Waals surface area contributed by atoms with Crippen molar-refractivity contribution in [2.45, 2.75) is 0 Å². The van der Waals surface area contributed by atoms with E-state index in [4.69, 9.17) is 0 Å². The summed E-state index contributed by atoms with van der Waals surface area (Å²) in [6.45, 7) is 0. The third kappa shape index (κ3) is 5.13. The van der Waals surface area contributed by atoms with E-state index < -0.39 is 0 Å². The van der Waals surface area contributed by atoms with E-state index in [1.165, 1.54) is 3.32 Å². The van der Waals surface area contributed by atoms with E-state index in [1.54, 1.807) is 0 Å². The second-order valence-electron chi connectivity index (χ2n) is 1.65. The number of hydrogen-bond donors (Lipinski definition) is 0. The van der Waals surface area contributed by atoms with Crippen LogP contribution in [0, 0.1) is 0 Å². The van der Waals surface area contributed by atoms with Crippen LogP contribution in [0.3, 0.4) is 0 Å². The normalized spacial score (nSPS) is 6.67. The van der Waals surface area contributed by atoms with Gasteiger partial charge in [0.1, 0.15) is 0 Å². The molecule has 50 valence electrons. The van der Waals surface area contributed by atoms with Crippen LogP contribution in [0.15, 0.2) is 30.3 Å². The zero-order chi connectivity index (χ0) is 5.11. The summed E-state index contributed by atoms with van der Waals surface area (Å²) in [7, 11) is 0. The monoisotopic (exact) mass is 266 g/mol. The van der Waals surface area contributed by atoms with Gasteiger partial charge in [0, 0.05) is 0 Å². The Bertz CT molecular complexity index is 141. The maximum absolute atomic E-state index is 2.18. The number of benzene rings is 1. The second-order valence-corrected chi connectivity index (χ2v) is 4.95. The molecule has 0 saturated heterocycles. The van der Waals surface area contributed by atoms with Crippen molar-refractivity contribution in [1.82, 2.24) is 0 Å². The summed E-state index contributed by atoms with van der Waals surface area (Å²) in [6, 6.07) is 10.6. The minimum atomic E-state index is 0. The van der Waals surface area contributed by atoms with Gasteiger partial charge < -0.3 is 0 Å². The molecule has 1 aromatic carbocycles. The first-order valence-electron chi connectivity index (χ1n) is 2.41. The Labute approximate surface area is 82.4 Å². The molecule has 0 heterocycles. The molecule has 0 spiro atoms. The summed E-state index contributed by atoms with van der Waals surface area (Å²) in [5, 5.41) is 0. The van der Waals surface area contributed by atoms with Crippen LogP contribution in [0.2, 0.25) is 0 Å². The first kappa shape index (κ1) is 12.4. The Morgan fingerprint density at radius 2 is 1.33 bits per heavy atom. The SMILES string of the molecule is Cl.Cl.[InH2][c]1ccccc1. The standard InChI is InChI=1S/C6H5.2ClH.In.2H/c1-2-4-6-5-3-1;;;;;/h1-5H;2*1H;;;. The molecule has 0 radical (unpaired) electrons. The number of rotatable bonds is 0. The Balaban J connectivity index is 0. The molecule has 0 saturated carbocycles. The molecule has 0 nitrogen and oxygen atoms in total. The molecule has 0 bridgehead atoms. The van der Waals surface area contributed by atoms with Gasteiger partial charge in [0.15, 0.2) is 0 Å². The molecular formula is C6H9Cl2In. The van der Waals surface area contributed by atoms with E-state index in [0.717, 1.165) is 0 Å². The molecule has 0 aliphatic rings. The van der Waals surface area contributed by atoms with Crippen LogP contribution in [0.4, 0.5) is 0 Å². The van der Waals surface area contributed by atoms with Gasteiger partial charge in [-0.05, 0) is 0 Å². The number of halogens is 2. The van der Waals surface area contributed by atoms with Crippen molar-refractivity contribution >= 4 is 52.5 Å². The van der Waals surface area contributed by atoms with Crippen LogP contribution < -0.4 is 3.32 Å². The van der Waals surface area contributed by atoms with Crippen LogP contribution in [-0.4, -0.2) is 24.4 Å². The molecule has 9 heavy (non-hydrogen) atoms. The van der Waals surface area contributed by atoms with Gasteiger partial charge >= 0.3 is 58.0 Å². The van der Waals surface area contributed by atoms with E-state index >= 15 is 0 Å². The fourth-order valence-electron chi connectivity index (χ4n) is 0.534. The van der Waals surface area contributed by atoms with E-state index in [-0.39, 0.29) is 24.8 Å². The van der Waals surface area contributed by atoms with Gasteiger partial charge in [-0.15, -0.1) is 24.8 Å². The predicted octanol–water partition coefficient (Wildman–Crippen LogP) is 0.789. The molecule has 0 atom stereocenters. The molecule has 1 rings (SSSR count). The first-order chi connectivity index (χ1) is 3.39. The Morgan fingerprint density at radius 3 is 1.56 bits per heavy atom. The average molecular weight is 267 g/mol. The van der Waals surface area contributed by atoms with E-state index in [2.05, 4.69) is 30.3 Å². The van der Waals surface area contributed by atoms with Gasteiger partial charge in [-0.3, -0.25) is 0 Å². The fourth-order valence-corrected chi connectivity index (χ4v) is 1.63. The van der Waals surface area contributed by atoms with Crippen LogP contribution in [0.5, 0.6) is 0 Å². The molecule has 0 fully saturated rings. The third-order valence-electron chi connectivity index (χ3n) is 0.940. The van der Waals surface area contributed by atoms with Crippen molar-refractivity contribution in [2.24, 2.45) is 0 Å². The maximum atomic E-state index is 2.18. The zero-order valence-electron chi connectivity index (χ0n) is 5.20. The predicted molar refractivity (Wildman–Crippen MR) is 49.1 cm³/mol. The summed E-state index contributed by atoms with van der Waals surface area (Å²) < 4.78 is 1.53. The Morgan fingerprint density at radius 1 is 0.889 bits per heavy atom. The van der Waals surface area contributed by atoms with Crippen LogP contribution in [0.1, 0.15) is 0 Å².